The van der Waals surface area contributed by atoms with Gasteiger partial charge in [0, 0.05) is 54.5 Å². The molecular formula is C63H37N5O2. The molecule has 0 aliphatic heterocycles. The summed E-state index contributed by atoms with van der Waals surface area (Å²) in [5.74, 6) is 1.72. The summed E-state index contributed by atoms with van der Waals surface area (Å²) in [7, 11) is 0. The molecule has 5 aromatic heterocycles. The average Bonchev–Trinajstić information content (AvgIpc) is 4.19. The molecule has 0 spiro atoms. The molecule has 0 saturated carbocycles. The van der Waals surface area contributed by atoms with Gasteiger partial charge in [-0.15, -0.1) is 0 Å². The molecule has 0 amide bonds. The molecule has 0 aliphatic rings. The number of aromatic nitrogens is 5. The lowest BCUT2D eigenvalue weighted by molar-refractivity contribution is 0.668. The molecule has 0 fully saturated rings. The van der Waals surface area contributed by atoms with Gasteiger partial charge in [-0.3, -0.25) is 0 Å². The van der Waals surface area contributed by atoms with Gasteiger partial charge in [-0.05, 0) is 90.0 Å². The Hall–Kier alpha value is -9.59. The fourth-order valence-electron chi connectivity index (χ4n) is 10.9. The van der Waals surface area contributed by atoms with Crippen molar-refractivity contribution in [2.24, 2.45) is 0 Å². The first-order chi connectivity index (χ1) is 34.7. The molecule has 0 atom stereocenters. The maximum absolute atomic E-state index is 6.98. The number of benzene rings is 10. The van der Waals surface area contributed by atoms with Crippen molar-refractivity contribution in [1.82, 2.24) is 24.1 Å². The van der Waals surface area contributed by atoms with Crippen LogP contribution in [0.5, 0.6) is 0 Å². The van der Waals surface area contributed by atoms with Crippen LogP contribution in [-0.2, 0) is 0 Å². The number of furan rings is 2. The number of fused-ring (bicyclic) bond motifs is 13. The minimum Gasteiger partial charge on any atom is -0.456 e. The maximum Gasteiger partial charge on any atom is 0.167 e. The van der Waals surface area contributed by atoms with Crippen LogP contribution in [0.15, 0.2) is 233 Å². The van der Waals surface area contributed by atoms with Gasteiger partial charge in [0.15, 0.2) is 17.5 Å². The van der Waals surface area contributed by atoms with E-state index in [1.54, 1.807) is 0 Å². The zero-order valence-corrected chi connectivity index (χ0v) is 37.4. The van der Waals surface area contributed by atoms with Gasteiger partial charge < -0.3 is 18.0 Å². The molecule has 70 heavy (non-hydrogen) atoms. The van der Waals surface area contributed by atoms with Crippen LogP contribution in [0.3, 0.4) is 0 Å². The average molecular weight is 896 g/mol. The zero-order chi connectivity index (χ0) is 45.9. The minimum absolute atomic E-state index is 0.535. The third kappa shape index (κ3) is 5.72. The predicted octanol–water partition coefficient (Wildman–Crippen LogP) is 16.5. The summed E-state index contributed by atoms with van der Waals surface area (Å²) in [5.41, 5.74) is 14.7. The molecule has 7 heteroatoms. The Kier molecular flexibility index (Phi) is 8.23. The molecule has 0 saturated heterocycles. The largest absolute Gasteiger partial charge is 0.456 e. The Bertz CT molecular complexity index is 4530. The van der Waals surface area contributed by atoms with E-state index in [1.807, 2.05) is 84.9 Å². The third-order valence-corrected chi connectivity index (χ3v) is 14.0. The summed E-state index contributed by atoms with van der Waals surface area (Å²) >= 11 is 0. The second-order valence-electron chi connectivity index (χ2n) is 17.9. The van der Waals surface area contributed by atoms with Crippen LogP contribution in [0.4, 0.5) is 0 Å². The molecule has 15 aromatic rings. The van der Waals surface area contributed by atoms with Crippen LogP contribution in [0, 0.1) is 0 Å². The van der Waals surface area contributed by atoms with E-state index < -0.39 is 0 Å². The number of hydrogen-bond donors (Lipinski definition) is 0. The molecule has 10 aromatic carbocycles. The van der Waals surface area contributed by atoms with Gasteiger partial charge in [-0.2, -0.15) is 0 Å². The Morgan fingerprint density at radius 3 is 1.54 bits per heavy atom. The quantitative estimate of drug-likeness (QED) is 0.166. The van der Waals surface area contributed by atoms with Crippen molar-refractivity contribution in [1.29, 1.82) is 0 Å². The lowest BCUT2D eigenvalue weighted by Crippen LogP contribution is -2.01. The molecule has 0 radical (unpaired) electrons. The van der Waals surface area contributed by atoms with Gasteiger partial charge in [0.1, 0.15) is 22.3 Å². The summed E-state index contributed by atoms with van der Waals surface area (Å²) in [6.07, 6.45) is 0. The number of rotatable bonds is 6. The first-order valence-corrected chi connectivity index (χ1v) is 23.5. The van der Waals surface area contributed by atoms with E-state index >= 15 is 0 Å². The number of hydrogen-bond acceptors (Lipinski definition) is 5. The summed E-state index contributed by atoms with van der Waals surface area (Å²) in [6.45, 7) is 0. The van der Waals surface area contributed by atoms with E-state index in [4.69, 9.17) is 23.8 Å². The highest BCUT2D eigenvalue weighted by Gasteiger charge is 2.26. The van der Waals surface area contributed by atoms with Gasteiger partial charge >= 0.3 is 0 Å². The Balaban J connectivity index is 1.04. The molecule has 0 aliphatic carbocycles. The zero-order valence-electron chi connectivity index (χ0n) is 37.4. The van der Waals surface area contributed by atoms with Gasteiger partial charge in [0.2, 0.25) is 0 Å². The summed E-state index contributed by atoms with van der Waals surface area (Å²) in [4.78, 5) is 15.4. The SMILES string of the molecule is c1ccc(-c2nc(-c3ccccc3)nc(-c3ccc(-n4c5ccc(-c6ccc7oc8ccccc8c7c6)cc5c5c6c7ccccc7n(-c7ccccc7)c6ccc54)c4c3oc3ccccc34)n2)cc1. The van der Waals surface area contributed by atoms with Gasteiger partial charge in [0.05, 0.1) is 38.7 Å². The molecule has 0 N–H and O–H groups in total. The van der Waals surface area contributed by atoms with Crippen LogP contribution in [0.2, 0.25) is 0 Å². The van der Waals surface area contributed by atoms with Crippen molar-refractivity contribution < 1.29 is 8.83 Å². The highest BCUT2D eigenvalue weighted by molar-refractivity contribution is 6.30. The molecule has 326 valence electrons. The van der Waals surface area contributed by atoms with Crippen molar-refractivity contribution in [3.63, 3.8) is 0 Å². The van der Waals surface area contributed by atoms with Crippen LogP contribution in [-0.4, -0.2) is 24.1 Å². The van der Waals surface area contributed by atoms with E-state index in [-0.39, 0.29) is 0 Å². The first kappa shape index (κ1) is 38.5. The Morgan fingerprint density at radius 1 is 0.300 bits per heavy atom. The molecule has 0 bridgehead atoms. The third-order valence-electron chi connectivity index (χ3n) is 14.0. The monoisotopic (exact) mass is 895 g/mol. The second kappa shape index (κ2) is 15.0. The predicted molar refractivity (Wildman–Crippen MR) is 285 cm³/mol. The van der Waals surface area contributed by atoms with Crippen LogP contribution in [0.25, 0.3) is 144 Å². The van der Waals surface area contributed by atoms with Crippen molar-refractivity contribution in [3.05, 3.63) is 224 Å². The Labute approximate surface area is 399 Å². The smallest absolute Gasteiger partial charge is 0.167 e. The molecule has 5 heterocycles. The topological polar surface area (TPSA) is 74.8 Å². The standard InChI is InChI=1S/C63H37N5O2/c1-4-16-38(17-5-1)61-64-62(39-18-6-2-7-19-39)66-63(65-61)46-30-32-53(59-45-24-12-15-27-55(45)70-60(46)59)68-50-31-28-40(41-29-35-56-47(36-41)43-22-11-14-26-54(43)69-56)37-48(50)58-52(68)34-33-51-57(58)44-23-10-13-25-49(44)67(51)42-20-8-3-9-21-42/h1-37H. The second-order valence-corrected chi connectivity index (χ2v) is 17.9. The number of nitrogens with zero attached hydrogens (tertiary/aromatic N) is 5. The van der Waals surface area contributed by atoms with E-state index in [2.05, 4.69) is 149 Å². The number of para-hydroxylation sites is 4. The first-order valence-electron chi connectivity index (χ1n) is 23.5. The fraction of sp³-hybridized carbons (Fsp3) is 0. The fourth-order valence-corrected chi connectivity index (χ4v) is 10.9. The van der Waals surface area contributed by atoms with Gasteiger partial charge in [-0.25, -0.2) is 15.0 Å². The summed E-state index contributed by atoms with van der Waals surface area (Å²) in [6, 6.07) is 78.6. The highest BCUT2D eigenvalue weighted by Crippen LogP contribution is 2.47. The van der Waals surface area contributed by atoms with Gasteiger partial charge in [0.25, 0.3) is 0 Å². The molecular weight excluding hydrogens is 859 g/mol. The van der Waals surface area contributed by atoms with Crippen LogP contribution >= 0.6 is 0 Å². The van der Waals surface area contributed by atoms with E-state index in [0.717, 1.165) is 105 Å². The van der Waals surface area contributed by atoms with E-state index in [1.165, 1.54) is 16.2 Å². The Morgan fingerprint density at radius 2 is 0.814 bits per heavy atom. The molecule has 15 rings (SSSR count). The van der Waals surface area contributed by atoms with Crippen molar-refractivity contribution in [2.75, 3.05) is 0 Å². The van der Waals surface area contributed by atoms with Crippen molar-refractivity contribution >= 4 is 87.5 Å². The molecule has 7 nitrogen and oxygen atoms in total. The van der Waals surface area contributed by atoms with E-state index in [0.29, 0.717) is 23.1 Å². The van der Waals surface area contributed by atoms with Crippen molar-refractivity contribution in [3.8, 4) is 56.7 Å². The minimum atomic E-state index is 0.535. The highest BCUT2D eigenvalue weighted by atomic mass is 16.3. The normalized spacial score (nSPS) is 12.0. The van der Waals surface area contributed by atoms with Crippen molar-refractivity contribution in [2.45, 2.75) is 0 Å². The van der Waals surface area contributed by atoms with Crippen LogP contribution in [0.1, 0.15) is 0 Å². The van der Waals surface area contributed by atoms with E-state index in [9.17, 15) is 0 Å². The summed E-state index contributed by atoms with van der Waals surface area (Å²) in [5, 5.41) is 8.90. The molecule has 0 unspecified atom stereocenters. The maximum atomic E-state index is 6.98. The van der Waals surface area contributed by atoms with Crippen LogP contribution < -0.4 is 0 Å². The van der Waals surface area contributed by atoms with Gasteiger partial charge in [-0.1, -0.05) is 146 Å². The summed E-state index contributed by atoms with van der Waals surface area (Å²) < 4.78 is 18.1. The lowest BCUT2D eigenvalue weighted by Gasteiger charge is -2.13. The lowest BCUT2D eigenvalue weighted by atomic mass is 9.99.